The van der Waals surface area contributed by atoms with Crippen molar-refractivity contribution in [3.05, 3.63) is 69.7 Å². The topological polar surface area (TPSA) is 32.3 Å². The van der Waals surface area contributed by atoms with Crippen LogP contribution >= 0.6 is 23.2 Å². The fourth-order valence-corrected chi connectivity index (χ4v) is 2.71. The van der Waals surface area contributed by atoms with Crippen molar-refractivity contribution < 1.29 is 5.11 Å². The summed E-state index contributed by atoms with van der Waals surface area (Å²) < 4.78 is 0. The van der Waals surface area contributed by atoms with Gasteiger partial charge in [0, 0.05) is 28.2 Å². The van der Waals surface area contributed by atoms with Crippen LogP contribution in [0, 0.1) is 0 Å². The average Bonchev–Trinajstić information content (AvgIpc) is 2.48. The molecule has 2 aromatic carbocycles. The van der Waals surface area contributed by atoms with Gasteiger partial charge in [0.15, 0.2) is 0 Å². The van der Waals surface area contributed by atoms with Crippen molar-refractivity contribution in [2.24, 2.45) is 0 Å². The minimum absolute atomic E-state index is 0.210. The molecule has 2 rings (SSSR count). The highest BCUT2D eigenvalue weighted by atomic mass is 35.5. The molecule has 0 aromatic heterocycles. The van der Waals surface area contributed by atoms with E-state index < -0.39 is 6.10 Å². The summed E-state index contributed by atoms with van der Waals surface area (Å²) in [6.45, 7) is 2.53. The van der Waals surface area contributed by atoms with E-state index >= 15 is 0 Å². The van der Waals surface area contributed by atoms with Gasteiger partial charge in [0.1, 0.15) is 0 Å². The van der Waals surface area contributed by atoms with Gasteiger partial charge in [-0.1, -0.05) is 59.6 Å². The Labute approximate surface area is 135 Å². The maximum absolute atomic E-state index is 10.2. The molecule has 0 heterocycles. The van der Waals surface area contributed by atoms with Crippen LogP contribution in [0.5, 0.6) is 0 Å². The molecule has 21 heavy (non-hydrogen) atoms. The quantitative estimate of drug-likeness (QED) is 0.833. The van der Waals surface area contributed by atoms with Gasteiger partial charge in [-0.05, 0) is 31.0 Å². The highest BCUT2D eigenvalue weighted by molar-refractivity contribution is 6.31. The van der Waals surface area contributed by atoms with Crippen LogP contribution in [0.1, 0.15) is 24.2 Å². The Morgan fingerprint density at radius 1 is 1.00 bits per heavy atom. The molecule has 2 aromatic rings. The average molecular weight is 324 g/mol. The van der Waals surface area contributed by atoms with Crippen molar-refractivity contribution in [3.8, 4) is 0 Å². The lowest BCUT2D eigenvalue weighted by Crippen LogP contribution is -2.32. The lowest BCUT2D eigenvalue weighted by Gasteiger charge is -2.18. The van der Waals surface area contributed by atoms with Crippen molar-refractivity contribution in [3.63, 3.8) is 0 Å². The first-order valence-electron chi connectivity index (χ1n) is 6.97. The van der Waals surface area contributed by atoms with E-state index in [0.717, 1.165) is 22.6 Å². The lowest BCUT2D eigenvalue weighted by atomic mass is 10.1. The first kappa shape index (κ1) is 16.3. The van der Waals surface area contributed by atoms with Gasteiger partial charge in [0.25, 0.3) is 0 Å². The predicted octanol–water partition coefficient (Wildman–Crippen LogP) is 4.25. The van der Waals surface area contributed by atoms with Gasteiger partial charge in [-0.2, -0.15) is 0 Å². The van der Waals surface area contributed by atoms with E-state index in [-0.39, 0.29) is 6.04 Å². The van der Waals surface area contributed by atoms with E-state index in [1.54, 1.807) is 6.07 Å². The molecule has 0 aliphatic heterocycles. The van der Waals surface area contributed by atoms with Crippen LogP contribution in [-0.2, 0) is 6.42 Å². The summed E-state index contributed by atoms with van der Waals surface area (Å²) in [6.07, 6.45) is 0.196. The van der Waals surface area contributed by atoms with Crippen LogP contribution in [0.15, 0.2) is 48.5 Å². The van der Waals surface area contributed by atoms with Crippen molar-refractivity contribution in [1.82, 2.24) is 5.32 Å². The van der Waals surface area contributed by atoms with Crippen LogP contribution in [0.25, 0.3) is 0 Å². The standard InChI is InChI=1S/C17H19Cl2NO/c1-12(10-13-6-2-4-8-15(13)18)20-11-17(21)14-7-3-5-9-16(14)19/h2-9,12,17,20-21H,10-11H2,1H3/t12?,17-/m0/s1. The predicted molar refractivity (Wildman–Crippen MR) is 89.0 cm³/mol. The van der Waals surface area contributed by atoms with Crippen molar-refractivity contribution in [2.45, 2.75) is 25.5 Å². The molecule has 0 radical (unpaired) electrons. The molecule has 0 aliphatic rings. The Morgan fingerprint density at radius 3 is 2.29 bits per heavy atom. The molecule has 1 unspecified atom stereocenters. The molecule has 0 amide bonds. The van der Waals surface area contributed by atoms with Crippen LogP contribution in [0.4, 0.5) is 0 Å². The van der Waals surface area contributed by atoms with Gasteiger partial charge in [-0.15, -0.1) is 0 Å². The van der Waals surface area contributed by atoms with Gasteiger partial charge >= 0.3 is 0 Å². The van der Waals surface area contributed by atoms with Crippen molar-refractivity contribution in [1.29, 1.82) is 0 Å². The number of aliphatic hydroxyl groups excluding tert-OH is 1. The highest BCUT2D eigenvalue weighted by Crippen LogP contribution is 2.22. The number of aliphatic hydroxyl groups is 1. The fraction of sp³-hybridized carbons (Fsp3) is 0.294. The number of rotatable bonds is 6. The summed E-state index contributed by atoms with van der Waals surface area (Å²) in [5, 5.41) is 14.9. The Hall–Kier alpha value is -1.06. The normalized spacial score (nSPS) is 13.9. The first-order chi connectivity index (χ1) is 10.1. The first-order valence-corrected chi connectivity index (χ1v) is 7.73. The molecule has 0 saturated carbocycles. The van der Waals surface area contributed by atoms with Crippen molar-refractivity contribution in [2.75, 3.05) is 6.54 Å². The second kappa shape index (κ2) is 7.81. The summed E-state index contributed by atoms with van der Waals surface area (Å²) in [7, 11) is 0. The number of nitrogens with one attached hydrogen (secondary N) is 1. The molecule has 0 bridgehead atoms. The smallest absolute Gasteiger partial charge is 0.0928 e. The summed E-state index contributed by atoms with van der Waals surface area (Å²) in [4.78, 5) is 0. The number of hydrogen-bond donors (Lipinski definition) is 2. The number of benzene rings is 2. The van der Waals surface area contributed by atoms with E-state index in [2.05, 4.69) is 12.2 Å². The van der Waals surface area contributed by atoms with Gasteiger partial charge < -0.3 is 10.4 Å². The van der Waals surface area contributed by atoms with Gasteiger partial charge in [0.05, 0.1) is 6.10 Å². The zero-order valence-electron chi connectivity index (χ0n) is 11.9. The third kappa shape index (κ3) is 4.72. The van der Waals surface area contributed by atoms with Gasteiger partial charge in [0.2, 0.25) is 0 Å². The minimum Gasteiger partial charge on any atom is -0.387 e. The lowest BCUT2D eigenvalue weighted by molar-refractivity contribution is 0.170. The SMILES string of the molecule is CC(Cc1ccccc1Cl)NC[C@H](O)c1ccccc1Cl. The largest absolute Gasteiger partial charge is 0.387 e. The van der Waals surface area contributed by atoms with Crippen LogP contribution in [-0.4, -0.2) is 17.7 Å². The van der Waals surface area contributed by atoms with Crippen LogP contribution in [0.2, 0.25) is 10.0 Å². The zero-order valence-corrected chi connectivity index (χ0v) is 13.4. The molecule has 0 saturated heterocycles. The minimum atomic E-state index is -0.618. The molecular formula is C17H19Cl2NO. The molecule has 0 fully saturated rings. The Morgan fingerprint density at radius 2 is 1.62 bits per heavy atom. The van der Waals surface area contributed by atoms with E-state index in [1.165, 1.54) is 0 Å². The second-order valence-electron chi connectivity index (χ2n) is 5.14. The molecule has 2 nitrogen and oxygen atoms in total. The summed E-state index contributed by atoms with van der Waals surface area (Å²) in [5.41, 5.74) is 1.85. The van der Waals surface area contributed by atoms with Crippen LogP contribution in [0.3, 0.4) is 0 Å². The summed E-state index contributed by atoms with van der Waals surface area (Å²) in [6, 6.07) is 15.4. The zero-order chi connectivity index (χ0) is 15.2. The Balaban J connectivity index is 1.88. The second-order valence-corrected chi connectivity index (χ2v) is 5.96. The van der Waals surface area contributed by atoms with E-state index in [4.69, 9.17) is 23.2 Å². The number of hydrogen-bond acceptors (Lipinski definition) is 2. The molecule has 112 valence electrons. The van der Waals surface area contributed by atoms with Crippen LogP contribution < -0.4 is 5.32 Å². The van der Waals surface area contributed by atoms with E-state index in [9.17, 15) is 5.11 Å². The maximum Gasteiger partial charge on any atom is 0.0928 e. The van der Waals surface area contributed by atoms with Crippen molar-refractivity contribution >= 4 is 23.2 Å². The highest BCUT2D eigenvalue weighted by Gasteiger charge is 2.13. The molecule has 2 atom stereocenters. The third-order valence-corrected chi connectivity index (χ3v) is 4.12. The molecule has 0 spiro atoms. The Kier molecular flexibility index (Phi) is 6.07. The monoisotopic (exact) mass is 323 g/mol. The molecule has 4 heteroatoms. The van der Waals surface area contributed by atoms with Gasteiger partial charge in [-0.3, -0.25) is 0 Å². The van der Waals surface area contributed by atoms with Gasteiger partial charge in [-0.25, -0.2) is 0 Å². The molecule has 0 aliphatic carbocycles. The van der Waals surface area contributed by atoms with E-state index in [1.807, 2.05) is 42.5 Å². The summed E-state index contributed by atoms with van der Waals surface area (Å²) in [5.74, 6) is 0. The molecular weight excluding hydrogens is 305 g/mol. The Bertz CT molecular complexity index is 589. The van der Waals surface area contributed by atoms with E-state index in [0.29, 0.717) is 11.6 Å². The maximum atomic E-state index is 10.2. The summed E-state index contributed by atoms with van der Waals surface area (Å²) >= 11 is 12.2. The third-order valence-electron chi connectivity index (χ3n) is 3.41. The fourth-order valence-electron chi connectivity index (χ4n) is 2.23. The molecule has 2 N–H and O–H groups in total. The number of halogens is 2.